The number of hydrogen-bond acceptors (Lipinski definition) is 5. The predicted octanol–water partition coefficient (Wildman–Crippen LogP) is -0.798. The van der Waals surface area contributed by atoms with Crippen LogP contribution in [-0.4, -0.2) is 80.1 Å². The topological polar surface area (TPSA) is 76.7 Å². The van der Waals surface area contributed by atoms with Gasteiger partial charge in [0.05, 0.1) is 6.54 Å². The molecule has 7 heteroatoms. The summed E-state index contributed by atoms with van der Waals surface area (Å²) in [5, 5.41) is 8.40. The molecule has 0 radical (unpaired) electrons. The molecule has 0 aromatic carbocycles. The number of nitrogens with zero attached hydrogens (tertiary/aromatic N) is 2. The number of carbonyl (C=O) groups excluding carboxylic acids is 2. The van der Waals surface area contributed by atoms with Gasteiger partial charge in [-0.15, -0.1) is 0 Å². The van der Waals surface area contributed by atoms with Crippen molar-refractivity contribution in [1.82, 2.24) is 25.8 Å². The van der Waals surface area contributed by atoms with Crippen LogP contribution in [0.15, 0.2) is 0 Å². The number of hydrogen-bond donors (Lipinski definition) is 3. The fraction of sp³-hybridized carbons (Fsp3) is 0.857. The molecule has 0 aromatic rings. The van der Waals surface area contributed by atoms with Gasteiger partial charge in [0.2, 0.25) is 5.91 Å². The second kappa shape index (κ2) is 8.31. The Balaban J connectivity index is 1.63. The highest BCUT2D eigenvalue weighted by Gasteiger charge is 2.26. The van der Waals surface area contributed by atoms with Crippen molar-refractivity contribution in [3.8, 4) is 0 Å². The normalized spacial score (nSPS) is 24.0. The van der Waals surface area contributed by atoms with Crippen molar-refractivity contribution in [3.05, 3.63) is 0 Å². The zero-order valence-corrected chi connectivity index (χ0v) is 12.9. The minimum Gasteiger partial charge on any atom is -0.338 e. The van der Waals surface area contributed by atoms with E-state index in [1.165, 1.54) is 6.42 Å². The number of piperazine rings is 1. The molecule has 2 aliphatic rings. The zero-order chi connectivity index (χ0) is 15.1. The molecular weight excluding hydrogens is 270 g/mol. The van der Waals surface area contributed by atoms with E-state index in [2.05, 4.69) is 25.8 Å². The maximum Gasteiger partial charge on any atom is 0.321 e. The van der Waals surface area contributed by atoms with Crippen molar-refractivity contribution < 1.29 is 9.59 Å². The van der Waals surface area contributed by atoms with Gasteiger partial charge in [0.1, 0.15) is 0 Å². The first-order valence-corrected chi connectivity index (χ1v) is 7.94. The van der Waals surface area contributed by atoms with E-state index >= 15 is 0 Å². The Kier molecular flexibility index (Phi) is 6.41. The monoisotopic (exact) mass is 297 g/mol. The summed E-state index contributed by atoms with van der Waals surface area (Å²) in [7, 11) is 0. The van der Waals surface area contributed by atoms with Crippen LogP contribution in [0.1, 0.15) is 19.8 Å². The molecule has 1 unspecified atom stereocenters. The zero-order valence-electron chi connectivity index (χ0n) is 12.9. The molecule has 0 aromatic heterocycles. The van der Waals surface area contributed by atoms with Gasteiger partial charge in [0.15, 0.2) is 0 Å². The molecular formula is C14H27N5O2. The minimum absolute atomic E-state index is 0.223. The summed E-state index contributed by atoms with van der Waals surface area (Å²) in [6, 6.07) is 0.262. The van der Waals surface area contributed by atoms with Crippen molar-refractivity contribution in [1.29, 1.82) is 0 Å². The lowest BCUT2D eigenvalue weighted by Crippen LogP contribution is -2.53. The predicted molar refractivity (Wildman–Crippen MR) is 81.1 cm³/mol. The molecule has 0 bridgehead atoms. The Bertz CT molecular complexity index is 349. The molecule has 2 heterocycles. The second-order valence-corrected chi connectivity index (χ2v) is 5.76. The van der Waals surface area contributed by atoms with Crippen LogP contribution in [0.4, 0.5) is 4.79 Å². The molecule has 3 N–H and O–H groups in total. The molecule has 0 saturated carbocycles. The van der Waals surface area contributed by atoms with E-state index in [0.29, 0.717) is 19.1 Å². The number of imide groups is 1. The van der Waals surface area contributed by atoms with E-state index in [4.69, 9.17) is 0 Å². The molecule has 7 nitrogen and oxygen atoms in total. The minimum atomic E-state index is -0.391. The maximum absolute atomic E-state index is 11.8. The van der Waals surface area contributed by atoms with E-state index in [0.717, 1.165) is 45.7 Å². The summed E-state index contributed by atoms with van der Waals surface area (Å²) in [5.74, 6) is -0.223. The van der Waals surface area contributed by atoms with Crippen LogP contribution in [0.2, 0.25) is 0 Å². The van der Waals surface area contributed by atoms with E-state index in [1.54, 1.807) is 0 Å². The molecule has 21 heavy (non-hydrogen) atoms. The molecule has 2 saturated heterocycles. The molecule has 2 rings (SSSR count). The van der Waals surface area contributed by atoms with E-state index < -0.39 is 6.03 Å². The van der Waals surface area contributed by atoms with Gasteiger partial charge in [-0.3, -0.25) is 19.9 Å². The number of nitrogens with one attached hydrogen (secondary N) is 3. The fourth-order valence-electron chi connectivity index (χ4n) is 2.89. The average molecular weight is 297 g/mol. The summed E-state index contributed by atoms with van der Waals surface area (Å²) in [4.78, 5) is 27.8. The molecule has 120 valence electrons. The van der Waals surface area contributed by atoms with Crippen LogP contribution in [0.3, 0.4) is 0 Å². The summed E-state index contributed by atoms with van der Waals surface area (Å²) < 4.78 is 0. The van der Waals surface area contributed by atoms with Crippen LogP contribution in [-0.2, 0) is 4.79 Å². The van der Waals surface area contributed by atoms with Crippen molar-refractivity contribution in [2.75, 3.05) is 52.4 Å². The third-order valence-electron chi connectivity index (χ3n) is 4.11. The van der Waals surface area contributed by atoms with Crippen LogP contribution < -0.4 is 16.0 Å². The third kappa shape index (κ3) is 5.26. The van der Waals surface area contributed by atoms with Crippen molar-refractivity contribution in [2.24, 2.45) is 0 Å². The van der Waals surface area contributed by atoms with Gasteiger partial charge >= 0.3 is 6.03 Å². The van der Waals surface area contributed by atoms with Gasteiger partial charge in [-0.25, -0.2) is 4.79 Å². The van der Waals surface area contributed by atoms with E-state index in [-0.39, 0.29) is 5.91 Å². The summed E-state index contributed by atoms with van der Waals surface area (Å²) in [5.41, 5.74) is 0. The van der Waals surface area contributed by atoms with Crippen LogP contribution in [0, 0.1) is 0 Å². The molecule has 0 aliphatic carbocycles. The largest absolute Gasteiger partial charge is 0.338 e. The summed E-state index contributed by atoms with van der Waals surface area (Å²) >= 11 is 0. The third-order valence-corrected chi connectivity index (χ3v) is 4.11. The average Bonchev–Trinajstić information content (AvgIpc) is 3.00. The molecule has 0 spiro atoms. The lowest BCUT2D eigenvalue weighted by atomic mass is 10.2. The molecule has 1 atom stereocenters. The van der Waals surface area contributed by atoms with Gasteiger partial charge in [-0.05, 0) is 19.4 Å². The van der Waals surface area contributed by atoms with Crippen molar-refractivity contribution in [3.63, 3.8) is 0 Å². The lowest BCUT2D eigenvalue weighted by molar-refractivity contribution is -0.121. The van der Waals surface area contributed by atoms with Crippen LogP contribution in [0.25, 0.3) is 0 Å². The second-order valence-electron chi connectivity index (χ2n) is 5.76. The Morgan fingerprint density at radius 2 is 2.00 bits per heavy atom. The standard InChI is InChI=1S/C14H27N5O2/c1-2-4-16-14(21)17-13(20)11-18-6-8-19(9-7-18)12-3-5-15-10-12/h12,15H,2-11H2,1H3,(H2,16,17,20,21). The maximum atomic E-state index is 11.8. The van der Waals surface area contributed by atoms with Crippen molar-refractivity contribution in [2.45, 2.75) is 25.8 Å². The van der Waals surface area contributed by atoms with E-state index in [1.807, 2.05) is 6.92 Å². The fourth-order valence-corrected chi connectivity index (χ4v) is 2.89. The Labute approximate surface area is 126 Å². The highest BCUT2D eigenvalue weighted by atomic mass is 16.2. The van der Waals surface area contributed by atoms with Crippen molar-refractivity contribution >= 4 is 11.9 Å². The Morgan fingerprint density at radius 1 is 1.24 bits per heavy atom. The summed E-state index contributed by atoms with van der Waals surface area (Å²) in [6.45, 7) is 8.84. The van der Waals surface area contributed by atoms with Gasteiger partial charge in [-0.2, -0.15) is 0 Å². The molecule has 3 amide bonds. The van der Waals surface area contributed by atoms with Crippen LogP contribution in [0.5, 0.6) is 0 Å². The summed E-state index contributed by atoms with van der Waals surface area (Å²) in [6.07, 6.45) is 2.08. The van der Waals surface area contributed by atoms with E-state index in [9.17, 15) is 9.59 Å². The number of carbonyl (C=O) groups is 2. The lowest BCUT2D eigenvalue weighted by Gasteiger charge is -2.37. The Morgan fingerprint density at radius 3 is 2.62 bits per heavy atom. The number of urea groups is 1. The molecule has 2 fully saturated rings. The van der Waals surface area contributed by atoms with Crippen LogP contribution >= 0.6 is 0 Å². The highest BCUT2D eigenvalue weighted by molar-refractivity contribution is 5.95. The smallest absolute Gasteiger partial charge is 0.321 e. The Hall–Kier alpha value is -1.18. The van der Waals surface area contributed by atoms with Gasteiger partial charge in [0.25, 0.3) is 0 Å². The SMILES string of the molecule is CCCNC(=O)NC(=O)CN1CCN(C2CCNC2)CC1. The first-order chi connectivity index (χ1) is 10.2. The number of rotatable bonds is 5. The van der Waals surface area contributed by atoms with Gasteiger partial charge in [0, 0.05) is 45.3 Å². The van der Waals surface area contributed by atoms with Gasteiger partial charge in [-0.1, -0.05) is 6.92 Å². The first-order valence-electron chi connectivity index (χ1n) is 7.94. The first kappa shape index (κ1) is 16.2. The molecule has 2 aliphatic heterocycles. The highest BCUT2D eigenvalue weighted by Crippen LogP contribution is 2.11. The quantitative estimate of drug-likeness (QED) is 0.619. The number of amides is 3. The van der Waals surface area contributed by atoms with Gasteiger partial charge < -0.3 is 10.6 Å².